The second kappa shape index (κ2) is 9.69. The summed E-state index contributed by atoms with van der Waals surface area (Å²) in [6.45, 7) is 2.13. The zero-order valence-corrected chi connectivity index (χ0v) is 24.3. The van der Waals surface area contributed by atoms with Crippen LogP contribution < -0.4 is 0 Å². The fourth-order valence-electron chi connectivity index (χ4n) is 7.03. The number of hydrogen-bond donors (Lipinski definition) is 0. The molecule has 0 bridgehead atoms. The predicted molar refractivity (Wildman–Crippen MR) is 187 cm³/mol. The maximum absolute atomic E-state index is 7.94. The second-order valence-electron chi connectivity index (χ2n) is 11.6. The Balaban J connectivity index is 1.28. The first-order valence-corrected chi connectivity index (χ1v) is 15.1. The van der Waals surface area contributed by atoms with Crippen LogP contribution in [0.15, 0.2) is 156 Å². The third kappa shape index (κ3) is 3.73. The standard InChI is InChI=1S/C43H28O/c1-27-18-25-38(42-37-16-8-9-17-39(37)44-43(27)42)41-35-14-6-4-12-33(35)40(34-13-5-7-15-36(34)41)30-22-19-29(20-23-30)32-24-21-28-10-2-3-11-31(28)26-32/h2-26H,1H3/i2D. The molecule has 0 aliphatic carbocycles. The zero-order valence-electron chi connectivity index (χ0n) is 25.3. The van der Waals surface area contributed by atoms with E-state index in [2.05, 4.69) is 128 Å². The summed E-state index contributed by atoms with van der Waals surface area (Å²) in [5.74, 6) is 0. The van der Waals surface area contributed by atoms with Crippen molar-refractivity contribution >= 4 is 54.3 Å². The monoisotopic (exact) mass is 561 g/mol. The molecule has 0 saturated heterocycles. The van der Waals surface area contributed by atoms with Crippen molar-refractivity contribution in [3.05, 3.63) is 157 Å². The van der Waals surface area contributed by atoms with E-state index < -0.39 is 0 Å². The molecule has 1 heteroatoms. The van der Waals surface area contributed by atoms with E-state index in [0.29, 0.717) is 6.04 Å². The Morgan fingerprint density at radius 2 is 1.09 bits per heavy atom. The molecule has 9 aromatic rings. The van der Waals surface area contributed by atoms with E-state index in [1.807, 2.05) is 24.3 Å². The Bertz CT molecular complexity index is 2550. The van der Waals surface area contributed by atoms with Gasteiger partial charge in [-0.1, -0.05) is 140 Å². The molecule has 0 saturated carbocycles. The summed E-state index contributed by atoms with van der Waals surface area (Å²) in [6, 6.07) is 52.3. The summed E-state index contributed by atoms with van der Waals surface area (Å²) in [6.07, 6.45) is 0. The van der Waals surface area contributed by atoms with E-state index in [1.54, 1.807) is 0 Å². The lowest BCUT2D eigenvalue weighted by Gasteiger charge is -2.18. The predicted octanol–water partition coefficient (Wildman–Crippen LogP) is 12.4. The number of aryl methyl sites for hydroxylation is 1. The molecule has 1 aromatic heterocycles. The van der Waals surface area contributed by atoms with E-state index in [-0.39, 0.29) is 0 Å². The summed E-state index contributed by atoms with van der Waals surface area (Å²) >= 11 is 0. The van der Waals surface area contributed by atoms with Crippen molar-refractivity contribution in [1.29, 1.82) is 0 Å². The molecule has 0 radical (unpaired) electrons. The molecule has 1 nitrogen and oxygen atoms in total. The minimum absolute atomic E-state index is 0.537. The van der Waals surface area contributed by atoms with E-state index >= 15 is 0 Å². The van der Waals surface area contributed by atoms with Gasteiger partial charge in [0.05, 0.1) is 1.37 Å². The summed E-state index contributed by atoms with van der Waals surface area (Å²) in [7, 11) is 0. The molecule has 0 aliphatic heterocycles. The second-order valence-corrected chi connectivity index (χ2v) is 11.6. The van der Waals surface area contributed by atoms with Crippen molar-refractivity contribution in [2.24, 2.45) is 0 Å². The number of rotatable bonds is 3. The Hall–Kier alpha value is -5.66. The maximum atomic E-state index is 7.94. The molecule has 206 valence electrons. The van der Waals surface area contributed by atoms with Crippen molar-refractivity contribution in [2.75, 3.05) is 0 Å². The highest BCUT2D eigenvalue weighted by Crippen LogP contribution is 2.47. The molecular weight excluding hydrogens is 532 g/mol. The quantitative estimate of drug-likeness (QED) is 0.196. The van der Waals surface area contributed by atoms with Crippen molar-refractivity contribution in [3.8, 4) is 33.4 Å². The van der Waals surface area contributed by atoms with E-state index in [0.717, 1.165) is 32.9 Å². The Morgan fingerprint density at radius 1 is 0.477 bits per heavy atom. The highest BCUT2D eigenvalue weighted by Gasteiger charge is 2.21. The third-order valence-electron chi connectivity index (χ3n) is 9.12. The first-order valence-electron chi connectivity index (χ1n) is 15.6. The van der Waals surface area contributed by atoms with Crippen molar-refractivity contribution in [2.45, 2.75) is 6.92 Å². The van der Waals surface area contributed by atoms with E-state index in [1.165, 1.54) is 60.3 Å². The lowest BCUT2D eigenvalue weighted by Crippen LogP contribution is -1.92. The van der Waals surface area contributed by atoms with Crippen LogP contribution in [-0.2, 0) is 0 Å². The number of para-hydroxylation sites is 1. The molecule has 8 aromatic carbocycles. The van der Waals surface area contributed by atoms with Crippen molar-refractivity contribution in [1.82, 2.24) is 0 Å². The van der Waals surface area contributed by atoms with Gasteiger partial charge >= 0.3 is 0 Å². The molecule has 0 spiro atoms. The fraction of sp³-hybridized carbons (Fsp3) is 0.0233. The van der Waals surface area contributed by atoms with Crippen LogP contribution in [0.5, 0.6) is 0 Å². The third-order valence-corrected chi connectivity index (χ3v) is 9.12. The Labute approximate surface area is 257 Å². The van der Waals surface area contributed by atoms with Crippen LogP contribution in [0.25, 0.3) is 87.6 Å². The minimum atomic E-state index is 0.537. The summed E-state index contributed by atoms with van der Waals surface area (Å²) in [4.78, 5) is 0. The molecule has 0 unspecified atom stereocenters. The van der Waals surface area contributed by atoms with Gasteiger partial charge in [-0.3, -0.25) is 0 Å². The highest BCUT2D eigenvalue weighted by molar-refractivity contribution is 6.25. The van der Waals surface area contributed by atoms with Crippen LogP contribution in [0.2, 0.25) is 0 Å². The van der Waals surface area contributed by atoms with E-state index in [9.17, 15) is 0 Å². The summed E-state index contributed by atoms with van der Waals surface area (Å²) in [5.41, 5.74) is 10.2. The SMILES string of the molecule is [2H]c1ccc2cc(-c3ccc(-c4c5ccccc5c(-c5ccc(C)c6oc7ccccc7c56)c5ccccc45)cc3)ccc2c1. The molecule has 0 amide bonds. The lowest BCUT2D eigenvalue weighted by molar-refractivity contribution is 0.666. The van der Waals surface area contributed by atoms with E-state index in [4.69, 9.17) is 5.79 Å². The summed E-state index contributed by atoms with van der Waals surface area (Å²) < 4.78 is 14.4. The molecule has 0 atom stereocenters. The lowest BCUT2D eigenvalue weighted by atomic mass is 9.84. The first-order chi connectivity index (χ1) is 22.1. The molecule has 9 rings (SSSR count). The minimum Gasteiger partial charge on any atom is -0.456 e. The fourth-order valence-corrected chi connectivity index (χ4v) is 7.03. The number of fused-ring (bicyclic) bond motifs is 6. The molecule has 44 heavy (non-hydrogen) atoms. The molecule has 1 heterocycles. The molecular formula is C43H28O. The van der Waals surface area contributed by atoms with Gasteiger partial charge in [-0.05, 0) is 90.3 Å². The van der Waals surface area contributed by atoms with Crippen LogP contribution >= 0.6 is 0 Å². The topological polar surface area (TPSA) is 13.1 Å². The van der Waals surface area contributed by atoms with Crippen LogP contribution in [0.1, 0.15) is 6.93 Å². The smallest absolute Gasteiger partial charge is 0.138 e. The van der Waals surface area contributed by atoms with Gasteiger partial charge in [-0.15, -0.1) is 0 Å². The average molecular weight is 562 g/mol. The summed E-state index contributed by atoms with van der Waals surface area (Å²) in [5, 5.41) is 9.49. The number of hydrogen-bond acceptors (Lipinski definition) is 1. The van der Waals surface area contributed by atoms with Gasteiger partial charge in [-0.25, -0.2) is 0 Å². The molecule has 0 N–H and O–H groups in total. The van der Waals surface area contributed by atoms with Gasteiger partial charge in [0.2, 0.25) is 0 Å². The Kier molecular flexibility index (Phi) is 5.25. The van der Waals surface area contributed by atoms with Crippen LogP contribution in [0.4, 0.5) is 0 Å². The van der Waals surface area contributed by atoms with Gasteiger partial charge in [0.15, 0.2) is 0 Å². The largest absolute Gasteiger partial charge is 0.456 e. The van der Waals surface area contributed by atoms with Crippen LogP contribution in [-0.4, -0.2) is 0 Å². The number of furan rings is 1. The maximum Gasteiger partial charge on any atom is 0.138 e. The molecule has 0 aliphatic rings. The zero-order chi connectivity index (χ0) is 30.1. The van der Waals surface area contributed by atoms with Gasteiger partial charge in [-0.2, -0.15) is 0 Å². The van der Waals surface area contributed by atoms with Crippen molar-refractivity contribution in [3.63, 3.8) is 0 Å². The van der Waals surface area contributed by atoms with Gasteiger partial charge < -0.3 is 4.42 Å². The van der Waals surface area contributed by atoms with Gasteiger partial charge in [0.25, 0.3) is 0 Å². The average Bonchev–Trinajstić information content (AvgIpc) is 3.48. The van der Waals surface area contributed by atoms with Gasteiger partial charge in [0.1, 0.15) is 11.2 Å². The molecule has 0 fully saturated rings. The van der Waals surface area contributed by atoms with Crippen molar-refractivity contribution < 1.29 is 5.79 Å². The van der Waals surface area contributed by atoms with Crippen LogP contribution in [0.3, 0.4) is 0 Å². The highest BCUT2D eigenvalue weighted by atomic mass is 16.3. The first kappa shape index (κ1) is 23.9. The van der Waals surface area contributed by atoms with Crippen LogP contribution in [0, 0.1) is 6.92 Å². The number of benzene rings is 8. The van der Waals surface area contributed by atoms with Gasteiger partial charge in [0, 0.05) is 10.8 Å². The normalized spacial score (nSPS) is 12.1. The Morgan fingerprint density at radius 3 is 1.82 bits per heavy atom.